The van der Waals surface area contributed by atoms with E-state index in [0.717, 1.165) is 10.9 Å². The number of hydrogen-bond acceptors (Lipinski definition) is 3. The molecule has 90 valence electrons. The third-order valence-electron chi connectivity index (χ3n) is 2.81. The molecule has 0 saturated carbocycles. The fourth-order valence-electron chi connectivity index (χ4n) is 1.94. The van der Waals surface area contributed by atoms with Gasteiger partial charge in [-0.25, -0.2) is 0 Å². The molecule has 0 amide bonds. The van der Waals surface area contributed by atoms with E-state index in [-0.39, 0.29) is 16.0 Å². The molecule has 5 nitrogen and oxygen atoms in total. The molecule has 0 aliphatic rings. The van der Waals surface area contributed by atoms with Crippen molar-refractivity contribution in [1.29, 1.82) is 0 Å². The molecule has 1 heterocycles. The number of nitro groups is 1. The molecule has 17 heavy (non-hydrogen) atoms. The number of halogens is 1. The summed E-state index contributed by atoms with van der Waals surface area (Å²) >= 11 is 3.41. The highest BCUT2D eigenvalue weighted by Gasteiger charge is 2.30. The highest BCUT2D eigenvalue weighted by molar-refractivity contribution is 9.09. The van der Waals surface area contributed by atoms with Gasteiger partial charge in [0.15, 0.2) is 0 Å². The number of fused-ring (bicyclic) bond motifs is 1. The largest absolute Gasteiger partial charge is 0.278 e. The van der Waals surface area contributed by atoms with Crippen LogP contribution in [0.5, 0.6) is 0 Å². The molecule has 2 rings (SSSR count). The lowest BCUT2D eigenvalue weighted by molar-refractivity contribution is -0.385. The van der Waals surface area contributed by atoms with Crippen molar-refractivity contribution in [3.8, 4) is 0 Å². The second-order valence-electron chi connectivity index (χ2n) is 4.57. The zero-order valence-corrected chi connectivity index (χ0v) is 11.1. The number of hydrogen-bond donors (Lipinski definition) is 1. The minimum absolute atomic E-state index is 0.142. The van der Waals surface area contributed by atoms with Crippen LogP contribution in [0.4, 0.5) is 5.69 Å². The molecule has 2 aromatic rings. The molecule has 1 aromatic carbocycles. The average Bonchev–Trinajstić information content (AvgIpc) is 2.74. The maximum atomic E-state index is 11.1. The Morgan fingerprint density at radius 1 is 1.53 bits per heavy atom. The van der Waals surface area contributed by atoms with E-state index in [2.05, 4.69) is 26.1 Å². The van der Waals surface area contributed by atoms with E-state index in [4.69, 9.17) is 0 Å². The normalized spacial score (nSPS) is 11.9. The van der Waals surface area contributed by atoms with Crippen LogP contribution in [0.2, 0.25) is 0 Å². The van der Waals surface area contributed by atoms with E-state index >= 15 is 0 Å². The zero-order valence-electron chi connectivity index (χ0n) is 9.53. The number of aromatic nitrogens is 2. The number of benzene rings is 1. The van der Waals surface area contributed by atoms with Gasteiger partial charge in [-0.3, -0.25) is 15.2 Å². The van der Waals surface area contributed by atoms with Crippen LogP contribution in [0, 0.1) is 10.1 Å². The Morgan fingerprint density at radius 2 is 2.24 bits per heavy atom. The first-order valence-electron chi connectivity index (χ1n) is 5.14. The van der Waals surface area contributed by atoms with Crippen molar-refractivity contribution in [3.05, 3.63) is 34.0 Å². The Bertz CT molecular complexity index is 577. The third-order valence-corrected chi connectivity index (χ3v) is 4.21. The van der Waals surface area contributed by atoms with E-state index in [1.54, 1.807) is 12.3 Å². The van der Waals surface area contributed by atoms with Gasteiger partial charge in [0.25, 0.3) is 5.69 Å². The number of nitro benzene ring substituents is 1. The van der Waals surface area contributed by atoms with Gasteiger partial charge in [-0.05, 0) is 6.07 Å². The number of nitrogens with zero attached hydrogens (tertiary/aromatic N) is 2. The van der Waals surface area contributed by atoms with Crippen LogP contribution in [0.25, 0.3) is 10.9 Å². The summed E-state index contributed by atoms with van der Waals surface area (Å²) in [5.74, 6) is 0. The summed E-state index contributed by atoms with van der Waals surface area (Å²) in [6.07, 6.45) is 1.64. The maximum Gasteiger partial charge on any atom is 0.273 e. The first-order valence-corrected chi connectivity index (χ1v) is 6.26. The molecular weight excluding hydrogens is 286 g/mol. The van der Waals surface area contributed by atoms with Crippen LogP contribution in [-0.4, -0.2) is 20.5 Å². The molecule has 0 atom stereocenters. The lowest BCUT2D eigenvalue weighted by atomic mass is 9.83. The molecule has 0 bridgehead atoms. The van der Waals surface area contributed by atoms with Gasteiger partial charge in [0.1, 0.15) is 0 Å². The summed E-state index contributed by atoms with van der Waals surface area (Å²) < 4.78 is 0. The van der Waals surface area contributed by atoms with Crippen LogP contribution in [-0.2, 0) is 5.41 Å². The van der Waals surface area contributed by atoms with Crippen LogP contribution >= 0.6 is 15.9 Å². The van der Waals surface area contributed by atoms with Crippen LogP contribution in [0.1, 0.15) is 19.4 Å². The van der Waals surface area contributed by atoms with Gasteiger partial charge in [-0.2, -0.15) is 5.10 Å². The molecule has 0 unspecified atom stereocenters. The number of nitrogens with one attached hydrogen (secondary N) is 1. The van der Waals surface area contributed by atoms with E-state index in [1.807, 2.05) is 13.8 Å². The minimum Gasteiger partial charge on any atom is -0.278 e. The number of alkyl halides is 1. The topological polar surface area (TPSA) is 71.8 Å². The average molecular weight is 298 g/mol. The SMILES string of the molecule is CC(C)(CBr)c1c([N+](=O)[O-])ccc2[nH]ncc12. The number of H-pyrrole nitrogens is 1. The van der Waals surface area contributed by atoms with E-state index in [9.17, 15) is 10.1 Å². The molecule has 0 aliphatic carbocycles. The summed E-state index contributed by atoms with van der Waals surface area (Å²) in [6.45, 7) is 3.94. The zero-order chi connectivity index (χ0) is 12.6. The van der Waals surface area contributed by atoms with Gasteiger partial charge in [-0.1, -0.05) is 29.8 Å². The predicted octanol–water partition coefficient (Wildman–Crippen LogP) is 3.14. The van der Waals surface area contributed by atoms with Crippen LogP contribution in [0.15, 0.2) is 18.3 Å². The van der Waals surface area contributed by atoms with Crippen LogP contribution in [0.3, 0.4) is 0 Å². The fourth-order valence-corrected chi connectivity index (χ4v) is 2.22. The second kappa shape index (κ2) is 4.10. The molecule has 0 aliphatic heterocycles. The summed E-state index contributed by atoms with van der Waals surface area (Å²) in [4.78, 5) is 10.8. The Morgan fingerprint density at radius 3 is 2.82 bits per heavy atom. The van der Waals surface area contributed by atoms with Crippen molar-refractivity contribution >= 4 is 32.5 Å². The van der Waals surface area contributed by atoms with Crippen molar-refractivity contribution < 1.29 is 4.92 Å². The maximum absolute atomic E-state index is 11.1. The summed E-state index contributed by atoms with van der Waals surface area (Å²) in [7, 11) is 0. The summed E-state index contributed by atoms with van der Waals surface area (Å²) in [5, 5.41) is 19.3. The first kappa shape index (κ1) is 12.0. The Kier molecular flexibility index (Phi) is 2.91. The molecule has 0 saturated heterocycles. The van der Waals surface area contributed by atoms with Crippen molar-refractivity contribution in [2.75, 3.05) is 5.33 Å². The van der Waals surface area contributed by atoms with E-state index < -0.39 is 0 Å². The quantitative estimate of drug-likeness (QED) is 0.537. The standard InChI is InChI=1S/C11H12BrN3O2/c1-11(2,6-12)10-7-5-13-14-8(7)3-4-9(10)15(16)17/h3-5H,6H2,1-2H3,(H,13,14). The predicted molar refractivity (Wildman–Crippen MR) is 69.6 cm³/mol. The lowest BCUT2D eigenvalue weighted by Crippen LogP contribution is -2.20. The summed E-state index contributed by atoms with van der Waals surface area (Å²) in [6, 6.07) is 3.22. The van der Waals surface area contributed by atoms with Crippen LogP contribution < -0.4 is 0 Å². The Balaban J connectivity index is 2.83. The van der Waals surface area contributed by atoms with Crippen molar-refractivity contribution in [2.24, 2.45) is 0 Å². The second-order valence-corrected chi connectivity index (χ2v) is 5.13. The lowest BCUT2D eigenvalue weighted by Gasteiger charge is -2.22. The van der Waals surface area contributed by atoms with E-state index in [1.165, 1.54) is 6.07 Å². The Hall–Kier alpha value is -1.43. The highest BCUT2D eigenvalue weighted by Crippen LogP contribution is 2.37. The molecule has 0 spiro atoms. The number of aromatic amines is 1. The highest BCUT2D eigenvalue weighted by atomic mass is 79.9. The van der Waals surface area contributed by atoms with Crippen molar-refractivity contribution in [2.45, 2.75) is 19.3 Å². The molecule has 1 aromatic heterocycles. The van der Waals surface area contributed by atoms with Gasteiger partial charge >= 0.3 is 0 Å². The molecule has 1 N–H and O–H groups in total. The molecule has 0 fully saturated rings. The monoisotopic (exact) mass is 297 g/mol. The molecule has 0 radical (unpaired) electrons. The van der Waals surface area contributed by atoms with Crippen molar-refractivity contribution in [3.63, 3.8) is 0 Å². The smallest absolute Gasteiger partial charge is 0.273 e. The summed E-state index contributed by atoms with van der Waals surface area (Å²) in [5.41, 5.74) is 1.35. The van der Waals surface area contributed by atoms with Gasteiger partial charge < -0.3 is 0 Å². The van der Waals surface area contributed by atoms with Gasteiger partial charge in [-0.15, -0.1) is 0 Å². The third kappa shape index (κ3) is 1.93. The van der Waals surface area contributed by atoms with Gasteiger partial charge in [0.05, 0.1) is 16.6 Å². The minimum atomic E-state index is -0.341. The Labute approximate surface area is 106 Å². The van der Waals surface area contributed by atoms with Gasteiger partial charge in [0.2, 0.25) is 0 Å². The van der Waals surface area contributed by atoms with Gasteiger partial charge in [0, 0.05) is 27.8 Å². The fraction of sp³-hybridized carbons (Fsp3) is 0.364. The number of rotatable bonds is 3. The first-order chi connectivity index (χ1) is 7.97. The van der Waals surface area contributed by atoms with E-state index in [0.29, 0.717) is 10.9 Å². The van der Waals surface area contributed by atoms with Crippen molar-refractivity contribution in [1.82, 2.24) is 10.2 Å². The molecule has 6 heteroatoms. The molecular formula is C11H12BrN3O2.